The van der Waals surface area contributed by atoms with Gasteiger partial charge >= 0.3 is 0 Å². The Kier molecular flexibility index (Phi) is 6.34. The maximum atomic E-state index is 5.74. The van der Waals surface area contributed by atoms with E-state index in [4.69, 9.17) is 4.74 Å². The van der Waals surface area contributed by atoms with Crippen LogP contribution in [0.5, 0.6) is 5.75 Å². The van der Waals surface area contributed by atoms with Gasteiger partial charge in [0.25, 0.3) is 0 Å². The molecule has 2 N–H and O–H groups in total. The first-order valence-electron chi connectivity index (χ1n) is 8.89. The molecule has 7 heteroatoms. The van der Waals surface area contributed by atoms with E-state index in [1.165, 1.54) is 5.56 Å². The fraction of sp³-hybridized carbons (Fsp3) is 0.300. The summed E-state index contributed by atoms with van der Waals surface area (Å²) < 4.78 is 8.76. The zero-order valence-corrected chi connectivity index (χ0v) is 17.4. The number of imidazole rings is 1. The lowest BCUT2D eigenvalue weighted by Gasteiger charge is -2.14. The summed E-state index contributed by atoms with van der Waals surface area (Å²) in [4.78, 5) is 8.89. The number of hydrogen-bond donors (Lipinski definition) is 2. The van der Waals surface area contributed by atoms with Crippen molar-refractivity contribution in [2.24, 2.45) is 4.99 Å². The molecule has 3 aromatic rings. The molecule has 2 heterocycles. The summed E-state index contributed by atoms with van der Waals surface area (Å²) in [6.45, 7) is 5.92. The molecule has 0 spiro atoms. The quantitative estimate of drug-likeness (QED) is 0.463. The first-order chi connectivity index (χ1) is 13.1. The van der Waals surface area contributed by atoms with Crippen LogP contribution in [0, 0.1) is 6.92 Å². The van der Waals surface area contributed by atoms with Gasteiger partial charge in [0.15, 0.2) is 5.96 Å². The molecule has 0 aliphatic heterocycles. The second kappa shape index (κ2) is 8.90. The lowest BCUT2D eigenvalue weighted by atomic mass is 10.1. The summed E-state index contributed by atoms with van der Waals surface area (Å²) in [5.41, 5.74) is 4.14. The molecule has 3 rings (SSSR count). The van der Waals surface area contributed by atoms with Gasteiger partial charge in [-0.05, 0) is 53.5 Å². The summed E-state index contributed by atoms with van der Waals surface area (Å²) in [6.07, 6.45) is 4.00. The molecular formula is C20H24BrN5O. The van der Waals surface area contributed by atoms with E-state index in [0.717, 1.165) is 33.1 Å². The predicted molar refractivity (Wildman–Crippen MR) is 112 cm³/mol. The van der Waals surface area contributed by atoms with Crippen molar-refractivity contribution in [1.29, 1.82) is 0 Å². The Morgan fingerprint density at radius 2 is 2.00 bits per heavy atom. The monoisotopic (exact) mass is 429 g/mol. The van der Waals surface area contributed by atoms with Crippen LogP contribution in [0.3, 0.4) is 0 Å². The van der Waals surface area contributed by atoms with E-state index in [-0.39, 0.29) is 0 Å². The number of pyridine rings is 1. The molecule has 0 atom stereocenters. The number of benzene rings is 1. The average molecular weight is 430 g/mol. The molecule has 0 saturated carbocycles. The van der Waals surface area contributed by atoms with Gasteiger partial charge in [0.2, 0.25) is 0 Å². The van der Waals surface area contributed by atoms with Crippen molar-refractivity contribution < 1.29 is 4.74 Å². The number of fused-ring (bicyclic) bond motifs is 1. The highest BCUT2D eigenvalue weighted by Gasteiger charge is 2.07. The first-order valence-corrected chi connectivity index (χ1v) is 9.68. The molecule has 0 aliphatic rings. The van der Waals surface area contributed by atoms with Crippen molar-refractivity contribution in [2.75, 3.05) is 13.7 Å². The molecule has 0 radical (unpaired) electrons. The van der Waals surface area contributed by atoms with Gasteiger partial charge in [-0.2, -0.15) is 0 Å². The maximum Gasteiger partial charge on any atom is 0.191 e. The normalized spacial score (nSPS) is 11.6. The van der Waals surface area contributed by atoms with Crippen molar-refractivity contribution in [3.05, 3.63) is 64.0 Å². The molecule has 0 aliphatic carbocycles. The molecule has 6 nitrogen and oxygen atoms in total. The van der Waals surface area contributed by atoms with Crippen LogP contribution in [-0.4, -0.2) is 29.0 Å². The molecule has 0 amide bonds. The summed E-state index contributed by atoms with van der Waals surface area (Å²) in [5.74, 6) is 1.63. The Morgan fingerprint density at radius 3 is 2.78 bits per heavy atom. The Morgan fingerprint density at radius 1 is 1.19 bits per heavy atom. The van der Waals surface area contributed by atoms with Crippen LogP contribution in [0.15, 0.2) is 52.2 Å². The van der Waals surface area contributed by atoms with E-state index in [0.29, 0.717) is 19.7 Å². The van der Waals surface area contributed by atoms with Gasteiger partial charge in [-0.3, -0.25) is 4.99 Å². The van der Waals surface area contributed by atoms with E-state index in [1.807, 2.05) is 35.9 Å². The van der Waals surface area contributed by atoms with Crippen LogP contribution < -0.4 is 15.4 Å². The minimum atomic E-state index is 0.588. The van der Waals surface area contributed by atoms with Crippen molar-refractivity contribution in [3.8, 4) is 5.75 Å². The number of aryl methyl sites for hydroxylation is 1. The molecule has 0 unspecified atom stereocenters. The Labute approximate surface area is 167 Å². The van der Waals surface area contributed by atoms with E-state index >= 15 is 0 Å². The molecule has 0 bridgehead atoms. The average Bonchev–Trinajstić information content (AvgIpc) is 3.05. The van der Waals surface area contributed by atoms with Gasteiger partial charge in [0.1, 0.15) is 11.4 Å². The van der Waals surface area contributed by atoms with Crippen LogP contribution in [-0.2, 0) is 13.1 Å². The largest absolute Gasteiger partial charge is 0.494 e. The minimum absolute atomic E-state index is 0.588. The molecule has 0 fully saturated rings. The summed E-state index contributed by atoms with van der Waals surface area (Å²) >= 11 is 3.48. The number of aliphatic imine (C=N–C) groups is 1. The fourth-order valence-electron chi connectivity index (χ4n) is 2.77. The van der Waals surface area contributed by atoms with Crippen LogP contribution in [0.4, 0.5) is 0 Å². The molecule has 27 heavy (non-hydrogen) atoms. The van der Waals surface area contributed by atoms with Crippen molar-refractivity contribution in [1.82, 2.24) is 20.0 Å². The number of ether oxygens (including phenoxy) is 1. The maximum absolute atomic E-state index is 5.74. The Bertz CT molecular complexity index is 951. The fourth-order valence-corrected chi connectivity index (χ4v) is 3.13. The number of nitrogens with one attached hydrogen (secondary N) is 2. The van der Waals surface area contributed by atoms with Gasteiger partial charge in [-0.15, -0.1) is 0 Å². The number of hydrogen-bond acceptors (Lipinski definition) is 3. The van der Waals surface area contributed by atoms with Gasteiger partial charge in [0.05, 0.1) is 18.8 Å². The molecule has 0 saturated heterocycles. The molecule has 2 aromatic heterocycles. The minimum Gasteiger partial charge on any atom is -0.494 e. The lowest BCUT2D eigenvalue weighted by molar-refractivity contribution is 0.336. The summed E-state index contributed by atoms with van der Waals surface area (Å²) in [5, 5.41) is 6.64. The van der Waals surface area contributed by atoms with Crippen LogP contribution in [0.25, 0.3) is 5.65 Å². The predicted octanol–water partition coefficient (Wildman–Crippen LogP) is 3.67. The van der Waals surface area contributed by atoms with Gasteiger partial charge in [-0.1, -0.05) is 12.1 Å². The first kappa shape index (κ1) is 19.2. The van der Waals surface area contributed by atoms with Crippen LogP contribution >= 0.6 is 15.9 Å². The van der Waals surface area contributed by atoms with Crippen molar-refractivity contribution in [2.45, 2.75) is 26.9 Å². The smallest absolute Gasteiger partial charge is 0.191 e. The standard InChI is InChI=1S/C20H24BrN5O/c1-4-27-18-9-14(2)5-6-15(18)10-23-20(22-3)24-11-17-13-26-12-16(21)7-8-19(26)25-17/h5-9,12-13H,4,10-11H2,1-3H3,(H2,22,23,24). The topological polar surface area (TPSA) is 63.0 Å². The SMILES string of the molecule is CCOc1cc(C)ccc1CNC(=NC)NCc1cn2cc(Br)ccc2n1. The third-order valence-electron chi connectivity index (χ3n) is 4.09. The zero-order chi connectivity index (χ0) is 19.2. The Hall–Kier alpha value is -2.54. The van der Waals surface area contributed by atoms with Crippen LogP contribution in [0.2, 0.25) is 0 Å². The molecular weight excluding hydrogens is 406 g/mol. The van der Waals surface area contributed by atoms with Gasteiger partial charge in [-0.25, -0.2) is 4.98 Å². The number of halogens is 1. The molecule has 142 valence electrons. The van der Waals surface area contributed by atoms with Crippen molar-refractivity contribution in [3.63, 3.8) is 0 Å². The van der Waals surface area contributed by atoms with E-state index in [2.05, 4.69) is 61.7 Å². The van der Waals surface area contributed by atoms with Gasteiger partial charge in [0, 0.05) is 36.0 Å². The highest BCUT2D eigenvalue weighted by atomic mass is 79.9. The Balaban J connectivity index is 1.61. The van der Waals surface area contributed by atoms with Gasteiger partial charge < -0.3 is 19.8 Å². The highest BCUT2D eigenvalue weighted by molar-refractivity contribution is 9.10. The molecule has 1 aromatic carbocycles. The summed E-state index contributed by atoms with van der Waals surface area (Å²) in [6, 6.07) is 10.2. The number of guanidine groups is 1. The third kappa shape index (κ3) is 5.01. The summed E-state index contributed by atoms with van der Waals surface area (Å²) in [7, 11) is 1.76. The second-order valence-corrected chi connectivity index (χ2v) is 7.08. The van der Waals surface area contributed by atoms with E-state index in [1.54, 1.807) is 7.05 Å². The lowest BCUT2D eigenvalue weighted by Crippen LogP contribution is -2.36. The number of nitrogens with zero attached hydrogens (tertiary/aromatic N) is 3. The van der Waals surface area contributed by atoms with E-state index in [9.17, 15) is 0 Å². The number of aromatic nitrogens is 2. The highest BCUT2D eigenvalue weighted by Crippen LogP contribution is 2.20. The van der Waals surface area contributed by atoms with E-state index < -0.39 is 0 Å². The zero-order valence-electron chi connectivity index (χ0n) is 15.8. The van der Waals surface area contributed by atoms with Crippen LogP contribution in [0.1, 0.15) is 23.7 Å². The third-order valence-corrected chi connectivity index (χ3v) is 4.56. The second-order valence-electron chi connectivity index (χ2n) is 6.17. The van der Waals surface area contributed by atoms with Crippen molar-refractivity contribution >= 4 is 27.5 Å². The number of rotatable bonds is 6.